The van der Waals surface area contributed by atoms with Gasteiger partial charge in [-0.05, 0) is 54.8 Å². The van der Waals surface area contributed by atoms with Gasteiger partial charge in [-0.1, -0.05) is 23.7 Å². The highest BCUT2D eigenvalue weighted by Gasteiger charge is 2.10. The first-order valence-electron chi connectivity index (χ1n) is 6.61. The van der Waals surface area contributed by atoms with Gasteiger partial charge in [-0.15, -0.1) is 0 Å². The number of pyridine rings is 1. The first-order chi connectivity index (χ1) is 10.1. The van der Waals surface area contributed by atoms with E-state index in [9.17, 15) is 4.79 Å². The maximum Gasteiger partial charge on any atom is 0.331 e. The monoisotopic (exact) mass is 301 g/mol. The molecule has 3 nitrogen and oxygen atoms in total. The zero-order chi connectivity index (χ0) is 15.2. The fourth-order valence-corrected chi connectivity index (χ4v) is 2.09. The van der Waals surface area contributed by atoms with Crippen LogP contribution in [0.2, 0.25) is 5.02 Å². The summed E-state index contributed by atoms with van der Waals surface area (Å²) in [5, 5.41) is 0.638. The lowest BCUT2D eigenvalue weighted by molar-refractivity contribution is -0.142. The number of benzene rings is 1. The van der Waals surface area contributed by atoms with Crippen molar-refractivity contribution in [1.82, 2.24) is 4.98 Å². The van der Waals surface area contributed by atoms with Crippen molar-refractivity contribution >= 4 is 23.1 Å². The molecule has 4 heteroatoms. The minimum Gasteiger partial charge on any atom is -0.455 e. The third-order valence-corrected chi connectivity index (χ3v) is 3.32. The third kappa shape index (κ3) is 4.43. The average Bonchev–Trinajstić information content (AvgIpc) is 2.48. The second kappa shape index (κ2) is 7.04. The number of aromatic nitrogens is 1. The van der Waals surface area contributed by atoms with Crippen molar-refractivity contribution < 1.29 is 9.53 Å². The molecule has 0 aliphatic heterocycles. The van der Waals surface area contributed by atoms with Gasteiger partial charge in [0.2, 0.25) is 0 Å². The fraction of sp³-hybridized carbons (Fsp3) is 0.176. The van der Waals surface area contributed by atoms with E-state index in [4.69, 9.17) is 16.3 Å². The SMILES string of the molecule is C/C(=C\C(=O)OC(C)c1ccncc1)c1cccc(Cl)c1. The molecule has 0 spiro atoms. The number of rotatable bonds is 4. The van der Waals surface area contributed by atoms with Crippen LogP contribution in [-0.2, 0) is 9.53 Å². The number of hydrogen-bond acceptors (Lipinski definition) is 3. The van der Waals surface area contributed by atoms with Crippen LogP contribution in [0, 0.1) is 0 Å². The maximum absolute atomic E-state index is 11.9. The van der Waals surface area contributed by atoms with Gasteiger partial charge in [0.1, 0.15) is 6.10 Å². The fourth-order valence-electron chi connectivity index (χ4n) is 1.90. The van der Waals surface area contributed by atoms with Crippen LogP contribution < -0.4 is 0 Å². The van der Waals surface area contributed by atoms with Gasteiger partial charge in [0.15, 0.2) is 0 Å². The quantitative estimate of drug-likeness (QED) is 0.619. The second-order valence-corrected chi connectivity index (χ2v) is 5.13. The van der Waals surface area contributed by atoms with Crippen molar-refractivity contribution in [2.24, 2.45) is 0 Å². The predicted octanol–water partition coefficient (Wildman–Crippen LogP) is 4.44. The first-order valence-corrected chi connectivity index (χ1v) is 6.99. The summed E-state index contributed by atoms with van der Waals surface area (Å²) < 4.78 is 5.38. The van der Waals surface area contributed by atoms with E-state index in [1.54, 1.807) is 18.5 Å². The van der Waals surface area contributed by atoms with Crippen molar-refractivity contribution in [3.8, 4) is 0 Å². The van der Waals surface area contributed by atoms with Gasteiger partial charge in [-0.3, -0.25) is 4.98 Å². The average molecular weight is 302 g/mol. The van der Waals surface area contributed by atoms with Crippen LogP contribution in [0.25, 0.3) is 5.57 Å². The Morgan fingerprint density at radius 2 is 2.00 bits per heavy atom. The number of halogens is 1. The molecule has 21 heavy (non-hydrogen) atoms. The molecule has 0 fully saturated rings. The molecule has 1 heterocycles. The van der Waals surface area contributed by atoms with Gasteiger partial charge < -0.3 is 4.74 Å². The Morgan fingerprint density at radius 3 is 2.67 bits per heavy atom. The Kier molecular flexibility index (Phi) is 5.12. The van der Waals surface area contributed by atoms with Crippen molar-refractivity contribution in [2.75, 3.05) is 0 Å². The minimum atomic E-state index is -0.378. The van der Waals surface area contributed by atoms with E-state index in [1.807, 2.05) is 44.2 Å². The van der Waals surface area contributed by atoms with Crippen LogP contribution >= 0.6 is 11.6 Å². The van der Waals surface area contributed by atoms with E-state index in [1.165, 1.54) is 6.08 Å². The van der Waals surface area contributed by atoms with E-state index in [2.05, 4.69) is 4.98 Å². The number of ether oxygens (including phenoxy) is 1. The molecule has 0 saturated heterocycles. The molecule has 2 rings (SSSR count). The second-order valence-electron chi connectivity index (χ2n) is 4.70. The van der Waals surface area contributed by atoms with Crippen LogP contribution in [0.4, 0.5) is 0 Å². The van der Waals surface area contributed by atoms with Crippen LogP contribution in [0.1, 0.15) is 31.1 Å². The Balaban J connectivity index is 2.05. The molecule has 2 aromatic rings. The summed E-state index contributed by atoms with van der Waals surface area (Å²) in [6, 6.07) is 11.0. The molecule has 0 radical (unpaired) electrons. The summed E-state index contributed by atoms with van der Waals surface area (Å²) in [5.41, 5.74) is 2.62. The van der Waals surface area contributed by atoms with Gasteiger partial charge in [0.25, 0.3) is 0 Å². The summed E-state index contributed by atoms with van der Waals surface area (Å²) in [5.74, 6) is -0.378. The third-order valence-electron chi connectivity index (χ3n) is 3.08. The molecule has 0 saturated carbocycles. The smallest absolute Gasteiger partial charge is 0.331 e. The lowest BCUT2D eigenvalue weighted by atomic mass is 10.1. The zero-order valence-corrected chi connectivity index (χ0v) is 12.7. The Bertz CT molecular complexity index is 653. The standard InChI is InChI=1S/C17H16ClNO2/c1-12(15-4-3-5-16(18)11-15)10-17(20)21-13(2)14-6-8-19-9-7-14/h3-11,13H,1-2H3/b12-10+. The van der Waals surface area contributed by atoms with Crippen molar-refractivity contribution in [1.29, 1.82) is 0 Å². The summed E-state index contributed by atoms with van der Waals surface area (Å²) in [6.07, 6.45) is 4.51. The van der Waals surface area contributed by atoms with Gasteiger partial charge in [0, 0.05) is 23.5 Å². The first kappa shape index (κ1) is 15.3. The van der Waals surface area contributed by atoms with E-state index in [0.29, 0.717) is 5.02 Å². The Morgan fingerprint density at radius 1 is 1.29 bits per heavy atom. The van der Waals surface area contributed by atoms with E-state index >= 15 is 0 Å². The van der Waals surface area contributed by atoms with Gasteiger partial charge in [0.05, 0.1) is 0 Å². The van der Waals surface area contributed by atoms with E-state index in [0.717, 1.165) is 16.7 Å². The molecular weight excluding hydrogens is 286 g/mol. The molecular formula is C17H16ClNO2. The molecule has 1 aromatic carbocycles. The lowest BCUT2D eigenvalue weighted by Crippen LogP contribution is -2.06. The molecule has 0 aliphatic rings. The minimum absolute atomic E-state index is 0.316. The number of hydrogen-bond donors (Lipinski definition) is 0. The van der Waals surface area contributed by atoms with Gasteiger partial charge in [-0.2, -0.15) is 0 Å². The van der Waals surface area contributed by atoms with Crippen molar-refractivity contribution in [3.05, 3.63) is 71.0 Å². The lowest BCUT2D eigenvalue weighted by Gasteiger charge is -2.12. The molecule has 0 amide bonds. The number of carbonyl (C=O) groups excluding carboxylic acids is 1. The highest BCUT2D eigenvalue weighted by Crippen LogP contribution is 2.20. The molecule has 0 bridgehead atoms. The summed E-state index contributed by atoms with van der Waals surface area (Å²) >= 11 is 5.94. The van der Waals surface area contributed by atoms with E-state index in [-0.39, 0.29) is 12.1 Å². The highest BCUT2D eigenvalue weighted by molar-refractivity contribution is 6.30. The molecule has 108 valence electrons. The normalized spacial score (nSPS) is 12.8. The summed E-state index contributed by atoms with van der Waals surface area (Å²) in [4.78, 5) is 15.9. The van der Waals surface area contributed by atoms with E-state index < -0.39 is 0 Å². The van der Waals surface area contributed by atoms with Crippen LogP contribution in [0.15, 0.2) is 54.9 Å². The van der Waals surface area contributed by atoms with Crippen molar-refractivity contribution in [3.63, 3.8) is 0 Å². The van der Waals surface area contributed by atoms with Crippen LogP contribution in [0.5, 0.6) is 0 Å². The summed E-state index contributed by atoms with van der Waals surface area (Å²) in [7, 11) is 0. The molecule has 1 aromatic heterocycles. The maximum atomic E-state index is 11.9. The molecule has 0 aliphatic carbocycles. The number of nitrogens with zero attached hydrogens (tertiary/aromatic N) is 1. The number of allylic oxidation sites excluding steroid dienone is 1. The predicted molar refractivity (Wildman–Crippen MR) is 83.8 cm³/mol. The number of carbonyl (C=O) groups is 1. The Labute approximate surface area is 129 Å². The van der Waals surface area contributed by atoms with Gasteiger partial charge in [-0.25, -0.2) is 4.79 Å². The van der Waals surface area contributed by atoms with Gasteiger partial charge >= 0.3 is 5.97 Å². The highest BCUT2D eigenvalue weighted by atomic mass is 35.5. The molecule has 0 N–H and O–H groups in total. The number of esters is 1. The zero-order valence-electron chi connectivity index (χ0n) is 11.9. The van der Waals surface area contributed by atoms with Crippen molar-refractivity contribution in [2.45, 2.75) is 20.0 Å². The largest absolute Gasteiger partial charge is 0.455 e. The van der Waals surface area contributed by atoms with Crippen LogP contribution in [0.3, 0.4) is 0 Å². The molecule has 1 atom stereocenters. The van der Waals surface area contributed by atoms with Crippen LogP contribution in [-0.4, -0.2) is 11.0 Å². The Hall–Kier alpha value is -2.13. The summed E-state index contributed by atoms with van der Waals surface area (Å²) in [6.45, 7) is 3.68. The molecule has 1 unspecified atom stereocenters. The topological polar surface area (TPSA) is 39.2 Å².